The van der Waals surface area contributed by atoms with Crippen molar-refractivity contribution < 1.29 is 13.9 Å². The third kappa shape index (κ3) is 3.41. The van der Waals surface area contributed by atoms with E-state index in [4.69, 9.17) is 4.74 Å². The van der Waals surface area contributed by atoms with Crippen LogP contribution in [0, 0.1) is 5.82 Å². The van der Waals surface area contributed by atoms with E-state index in [-0.39, 0.29) is 11.7 Å². The first-order chi connectivity index (χ1) is 11.2. The predicted molar refractivity (Wildman–Crippen MR) is 86.6 cm³/mol. The lowest BCUT2D eigenvalue weighted by molar-refractivity contribution is 0.102. The summed E-state index contributed by atoms with van der Waals surface area (Å²) in [6.45, 7) is 2.01. The zero-order chi connectivity index (χ0) is 16.2. The van der Waals surface area contributed by atoms with Crippen molar-refractivity contribution in [3.05, 3.63) is 47.9 Å². The number of aromatic nitrogens is 1. The molecular formula is C17H18FN3O2. The predicted octanol–water partition coefficient (Wildman–Crippen LogP) is 3.08. The molecule has 0 radical (unpaired) electrons. The molecule has 0 bridgehead atoms. The molecule has 1 aromatic carbocycles. The Morgan fingerprint density at radius 2 is 2.04 bits per heavy atom. The third-order valence-corrected chi connectivity index (χ3v) is 3.85. The fourth-order valence-corrected chi connectivity index (χ4v) is 2.62. The molecule has 1 saturated heterocycles. The highest BCUT2D eigenvalue weighted by atomic mass is 19.1. The van der Waals surface area contributed by atoms with Crippen molar-refractivity contribution >= 4 is 17.4 Å². The molecule has 0 unspecified atom stereocenters. The van der Waals surface area contributed by atoms with Crippen LogP contribution in [0.2, 0.25) is 0 Å². The number of nitrogens with one attached hydrogen (secondary N) is 1. The molecule has 1 N–H and O–H groups in total. The van der Waals surface area contributed by atoms with Crippen molar-refractivity contribution in [2.45, 2.75) is 12.8 Å². The number of methoxy groups -OCH3 is 1. The van der Waals surface area contributed by atoms with Gasteiger partial charge in [-0.1, -0.05) is 0 Å². The van der Waals surface area contributed by atoms with Gasteiger partial charge in [0.2, 0.25) is 0 Å². The van der Waals surface area contributed by atoms with E-state index < -0.39 is 5.82 Å². The number of amides is 1. The second kappa shape index (κ2) is 6.64. The fourth-order valence-electron chi connectivity index (χ4n) is 2.62. The van der Waals surface area contributed by atoms with Gasteiger partial charge < -0.3 is 15.0 Å². The summed E-state index contributed by atoms with van der Waals surface area (Å²) in [5, 5.41) is 2.71. The van der Waals surface area contributed by atoms with Gasteiger partial charge in [-0.25, -0.2) is 9.37 Å². The number of benzene rings is 1. The van der Waals surface area contributed by atoms with Gasteiger partial charge >= 0.3 is 0 Å². The van der Waals surface area contributed by atoms with Gasteiger partial charge in [-0.2, -0.15) is 0 Å². The molecule has 120 valence electrons. The van der Waals surface area contributed by atoms with Crippen molar-refractivity contribution in [2.75, 3.05) is 30.4 Å². The van der Waals surface area contributed by atoms with E-state index >= 15 is 0 Å². The molecule has 1 aliphatic heterocycles. The first kappa shape index (κ1) is 15.3. The Bertz CT molecular complexity index is 697. The van der Waals surface area contributed by atoms with Crippen molar-refractivity contribution in [1.82, 2.24) is 4.98 Å². The normalized spacial score (nSPS) is 13.9. The summed E-state index contributed by atoms with van der Waals surface area (Å²) in [6.07, 6.45) is 3.90. The van der Waals surface area contributed by atoms with Crippen LogP contribution in [-0.4, -0.2) is 31.1 Å². The number of nitrogens with zero attached hydrogens (tertiary/aromatic N) is 2. The summed E-state index contributed by atoms with van der Waals surface area (Å²) < 4.78 is 18.3. The molecule has 1 fully saturated rings. The van der Waals surface area contributed by atoms with Gasteiger partial charge in [-0.15, -0.1) is 0 Å². The Labute approximate surface area is 134 Å². The molecule has 23 heavy (non-hydrogen) atoms. The second-order valence-corrected chi connectivity index (χ2v) is 5.40. The first-order valence-electron chi connectivity index (χ1n) is 7.53. The van der Waals surface area contributed by atoms with Gasteiger partial charge in [0.1, 0.15) is 17.4 Å². The largest absolute Gasteiger partial charge is 0.494 e. The molecule has 0 saturated carbocycles. The third-order valence-electron chi connectivity index (χ3n) is 3.85. The average Bonchev–Trinajstić information content (AvgIpc) is 3.11. The van der Waals surface area contributed by atoms with Gasteiger partial charge in [0.25, 0.3) is 5.91 Å². The van der Waals surface area contributed by atoms with Crippen molar-refractivity contribution in [3.63, 3.8) is 0 Å². The molecular weight excluding hydrogens is 297 g/mol. The van der Waals surface area contributed by atoms with Crippen LogP contribution < -0.4 is 15.0 Å². The van der Waals surface area contributed by atoms with Crippen LogP contribution >= 0.6 is 0 Å². The molecule has 1 aliphatic rings. The van der Waals surface area contributed by atoms with Crippen LogP contribution in [0.5, 0.6) is 5.75 Å². The first-order valence-corrected chi connectivity index (χ1v) is 7.53. The maximum atomic E-state index is 13.2. The number of halogens is 1. The number of carbonyl (C=O) groups is 1. The lowest BCUT2D eigenvalue weighted by atomic mass is 10.2. The van der Waals surface area contributed by atoms with E-state index in [1.54, 1.807) is 12.3 Å². The zero-order valence-corrected chi connectivity index (χ0v) is 12.9. The van der Waals surface area contributed by atoms with Crippen molar-refractivity contribution in [2.24, 2.45) is 0 Å². The van der Waals surface area contributed by atoms with Gasteiger partial charge in [0.05, 0.1) is 18.4 Å². The van der Waals surface area contributed by atoms with Gasteiger partial charge in [0.15, 0.2) is 0 Å². The van der Waals surface area contributed by atoms with Crippen LogP contribution in [0.3, 0.4) is 0 Å². The van der Waals surface area contributed by atoms with Gasteiger partial charge in [-0.3, -0.25) is 4.79 Å². The monoisotopic (exact) mass is 315 g/mol. The topological polar surface area (TPSA) is 54.5 Å². The fraction of sp³-hybridized carbons (Fsp3) is 0.294. The standard InChI is InChI=1S/C17H18FN3O2/c1-23-15-10-13(18)5-6-14(15)20-17(22)12-4-7-16(19-11-12)21-8-2-3-9-21/h4-7,10-11H,2-3,8-9H2,1H3,(H,20,22). The Balaban J connectivity index is 1.73. The van der Waals surface area contributed by atoms with E-state index in [0.29, 0.717) is 11.3 Å². The van der Waals surface area contributed by atoms with Gasteiger partial charge in [-0.05, 0) is 37.1 Å². The SMILES string of the molecule is COc1cc(F)ccc1NC(=O)c1ccc(N2CCCC2)nc1. The van der Waals surface area contributed by atoms with E-state index in [2.05, 4.69) is 15.2 Å². The van der Waals surface area contributed by atoms with Crippen LogP contribution in [0.1, 0.15) is 23.2 Å². The number of ether oxygens (including phenoxy) is 1. The summed E-state index contributed by atoms with van der Waals surface area (Å²) in [6, 6.07) is 7.56. The molecule has 2 heterocycles. The molecule has 5 nitrogen and oxygen atoms in total. The zero-order valence-electron chi connectivity index (χ0n) is 12.9. The quantitative estimate of drug-likeness (QED) is 0.942. The lowest BCUT2D eigenvalue weighted by Crippen LogP contribution is -2.19. The van der Waals surface area contributed by atoms with E-state index in [9.17, 15) is 9.18 Å². The van der Waals surface area contributed by atoms with Crippen LogP contribution in [-0.2, 0) is 0 Å². The molecule has 0 aliphatic carbocycles. The maximum absolute atomic E-state index is 13.2. The molecule has 1 amide bonds. The number of pyridine rings is 1. The van der Waals surface area contributed by atoms with E-state index in [1.807, 2.05) is 6.07 Å². The minimum absolute atomic E-state index is 0.278. The highest BCUT2D eigenvalue weighted by Gasteiger charge is 2.15. The summed E-state index contributed by atoms with van der Waals surface area (Å²) in [4.78, 5) is 18.8. The van der Waals surface area contributed by atoms with E-state index in [0.717, 1.165) is 18.9 Å². The highest BCUT2D eigenvalue weighted by molar-refractivity contribution is 6.04. The maximum Gasteiger partial charge on any atom is 0.257 e. The van der Waals surface area contributed by atoms with Crippen LogP contribution in [0.15, 0.2) is 36.5 Å². The summed E-state index contributed by atoms with van der Waals surface area (Å²) >= 11 is 0. The molecule has 1 aromatic heterocycles. The summed E-state index contributed by atoms with van der Waals surface area (Å²) in [5.74, 6) is 0.435. The lowest BCUT2D eigenvalue weighted by Gasteiger charge is -2.16. The average molecular weight is 315 g/mol. The number of anilines is 2. The molecule has 6 heteroatoms. The molecule has 2 aromatic rings. The van der Waals surface area contributed by atoms with Crippen molar-refractivity contribution in [3.8, 4) is 5.75 Å². The van der Waals surface area contributed by atoms with Crippen LogP contribution in [0.25, 0.3) is 0 Å². The Morgan fingerprint density at radius 1 is 1.26 bits per heavy atom. The van der Waals surface area contributed by atoms with E-state index in [1.165, 1.54) is 38.2 Å². The smallest absolute Gasteiger partial charge is 0.257 e. The number of rotatable bonds is 4. The second-order valence-electron chi connectivity index (χ2n) is 5.40. The summed E-state index contributed by atoms with van der Waals surface area (Å²) in [7, 11) is 1.43. The Kier molecular flexibility index (Phi) is 4.41. The minimum atomic E-state index is -0.420. The molecule has 0 atom stereocenters. The number of carbonyl (C=O) groups excluding carboxylic acids is 1. The Hall–Kier alpha value is -2.63. The Morgan fingerprint density at radius 3 is 2.70 bits per heavy atom. The highest BCUT2D eigenvalue weighted by Crippen LogP contribution is 2.25. The van der Waals surface area contributed by atoms with Gasteiger partial charge in [0, 0.05) is 25.4 Å². The number of hydrogen-bond acceptors (Lipinski definition) is 4. The van der Waals surface area contributed by atoms with Crippen LogP contribution in [0.4, 0.5) is 15.9 Å². The minimum Gasteiger partial charge on any atom is -0.494 e. The molecule has 0 spiro atoms. The van der Waals surface area contributed by atoms with Crippen molar-refractivity contribution in [1.29, 1.82) is 0 Å². The summed E-state index contributed by atoms with van der Waals surface area (Å²) in [5.41, 5.74) is 0.863. The number of hydrogen-bond donors (Lipinski definition) is 1. The molecule has 3 rings (SSSR count).